The number of amides is 4. The monoisotopic (exact) mass is 357 g/mol. The highest BCUT2D eigenvalue weighted by atomic mass is 16.5. The molecule has 1 rings (SSSR count). The fraction of sp³-hybridized carbons (Fsp3) is 0.750. The van der Waals surface area contributed by atoms with E-state index in [1.54, 1.807) is 14.0 Å². The van der Waals surface area contributed by atoms with E-state index >= 15 is 0 Å². The Bertz CT molecular complexity index is 482. The first kappa shape index (κ1) is 21.0. The van der Waals surface area contributed by atoms with Crippen LogP contribution in [0.4, 0.5) is 0 Å². The maximum Gasteiger partial charge on any atom is 0.232 e. The summed E-state index contributed by atoms with van der Waals surface area (Å²) in [6.07, 6.45) is 0.625. The van der Waals surface area contributed by atoms with E-state index in [1.165, 1.54) is 0 Å². The molecule has 1 fully saturated rings. The van der Waals surface area contributed by atoms with Gasteiger partial charge in [0.05, 0.1) is 26.4 Å². The number of likely N-dealkylation sites (tertiary alicyclic amines) is 1. The molecule has 0 saturated carbocycles. The van der Waals surface area contributed by atoms with Crippen molar-refractivity contribution >= 4 is 23.6 Å². The first-order chi connectivity index (χ1) is 12.0. The number of hydrogen-bond donors (Lipinski definition) is 2. The molecular weight excluding hydrogens is 330 g/mol. The van der Waals surface area contributed by atoms with Crippen LogP contribution in [0.2, 0.25) is 0 Å². The summed E-state index contributed by atoms with van der Waals surface area (Å²) in [7, 11) is 1.57. The van der Waals surface area contributed by atoms with E-state index in [2.05, 4.69) is 10.6 Å². The highest BCUT2D eigenvalue weighted by molar-refractivity contribution is 6.03. The molecule has 1 saturated heterocycles. The van der Waals surface area contributed by atoms with Crippen molar-refractivity contribution in [2.45, 2.75) is 26.2 Å². The Morgan fingerprint density at radius 1 is 1.08 bits per heavy atom. The molecule has 9 nitrogen and oxygen atoms in total. The van der Waals surface area contributed by atoms with Crippen LogP contribution in [0.25, 0.3) is 0 Å². The average Bonchev–Trinajstić information content (AvgIpc) is 2.83. The van der Waals surface area contributed by atoms with Crippen LogP contribution in [-0.4, -0.2) is 75.1 Å². The van der Waals surface area contributed by atoms with Gasteiger partial charge in [0, 0.05) is 45.3 Å². The van der Waals surface area contributed by atoms with E-state index in [9.17, 15) is 19.2 Å². The molecule has 25 heavy (non-hydrogen) atoms. The summed E-state index contributed by atoms with van der Waals surface area (Å²) in [5.74, 6) is -1.02. The second-order valence-electron chi connectivity index (χ2n) is 5.74. The van der Waals surface area contributed by atoms with Gasteiger partial charge < -0.3 is 20.1 Å². The molecule has 1 unspecified atom stereocenters. The van der Waals surface area contributed by atoms with Gasteiger partial charge in [0.15, 0.2) is 0 Å². The lowest BCUT2D eigenvalue weighted by Gasteiger charge is -2.14. The molecule has 1 aliphatic rings. The molecule has 0 radical (unpaired) electrons. The number of hydrogen-bond acceptors (Lipinski definition) is 6. The van der Waals surface area contributed by atoms with Crippen molar-refractivity contribution in [1.82, 2.24) is 15.5 Å². The van der Waals surface area contributed by atoms with Crippen molar-refractivity contribution in [2.24, 2.45) is 5.92 Å². The van der Waals surface area contributed by atoms with Crippen molar-refractivity contribution in [3.8, 4) is 0 Å². The predicted octanol–water partition coefficient (Wildman–Crippen LogP) is -0.943. The number of carbonyl (C=O) groups excluding carboxylic acids is 4. The SMILES string of the molecule is CNC(=O)CCOCCOCCNC(=O)CCN1C(=O)CC(C)C1=O. The highest BCUT2D eigenvalue weighted by Gasteiger charge is 2.35. The minimum atomic E-state index is -0.289. The molecule has 2 N–H and O–H groups in total. The summed E-state index contributed by atoms with van der Waals surface area (Å²) in [5.41, 5.74) is 0. The number of nitrogens with one attached hydrogen (secondary N) is 2. The van der Waals surface area contributed by atoms with Crippen molar-refractivity contribution in [1.29, 1.82) is 0 Å². The number of rotatable bonds is 12. The zero-order chi connectivity index (χ0) is 18.7. The first-order valence-electron chi connectivity index (χ1n) is 8.42. The summed E-state index contributed by atoms with van der Waals surface area (Å²) < 4.78 is 10.5. The molecule has 0 aliphatic carbocycles. The minimum Gasteiger partial charge on any atom is -0.379 e. The van der Waals surface area contributed by atoms with Gasteiger partial charge in [-0.2, -0.15) is 0 Å². The predicted molar refractivity (Wildman–Crippen MR) is 88.4 cm³/mol. The third-order valence-corrected chi connectivity index (χ3v) is 3.72. The van der Waals surface area contributed by atoms with Crippen molar-refractivity contribution < 1.29 is 28.7 Å². The third kappa shape index (κ3) is 8.08. The van der Waals surface area contributed by atoms with E-state index in [-0.39, 0.29) is 48.9 Å². The zero-order valence-corrected chi connectivity index (χ0v) is 14.8. The molecule has 1 atom stereocenters. The summed E-state index contributed by atoms with van der Waals surface area (Å²) in [5, 5.41) is 5.16. The van der Waals surface area contributed by atoms with Crippen LogP contribution in [-0.2, 0) is 28.7 Å². The number of imide groups is 1. The van der Waals surface area contributed by atoms with Gasteiger partial charge in [0.2, 0.25) is 23.6 Å². The van der Waals surface area contributed by atoms with Crippen LogP contribution < -0.4 is 10.6 Å². The Kier molecular flexibility index (Phi) is 9.71. The molecule has 9 heteroatoms. The summed E-state index contributed by atoms with van der Waals surface area (Å²) in [4.78, 5) is 47.1. The van der Waals surface area contributed by atoms with E-state index in [0.29, 0.717) is 39.4 Å². The van der Waals surface area contributed by atoms with Gasteiger partial charge in [-0.25, -0.2) is 0 Å². The maximum atomic E-state index is 11.7. The average molecular weight is 357 g/mol. The van der Waals surface area contributed by atoms with E-state index in [0.717, 1.165) is 4.90 Å². The van der Waals surface area contributed by atoms with Gasteiger partial charge in [0.25, 0.3) is 0 Å². The Morgan fingerprint density at radius 2 is 1.76 bits per heavy atom. The van der Waals surface area contributed by atoms with E-state index < -0.39 is 0 Å². The topological polar surface area (TPSA) is 114 Å². The normalized spacial score (nSPS) is 17.0. The lowest BCUT2D eigenvalue weighted by atomic mass is 10.1. The standard InChI is InChI=1S/C16H27N3O6/c1-12-11-15(22)19(16(12)23)6-3-14(21)18-5-8-25-10-9-24-7-4-13(20)17-2/h12H,3-11H2,1-2H3,(H,17,20)(H,18,21). The quantitative estimate of drug-likeness (QED) is 0.344. The number of carbonyl (C=O) groups is 4. The third-order valence-electron chi connectivity index (χ3n) is 3.72. The van der Waals surface area contributed by atoms with Gasteiger partial charge in [-0.05, 0) is 0 Å². The van der Waals surface area contributed by atoms with Crippen LogP contribution >= 0.6 is 0 Å². The van der Waals surface area contributed by atoms with Gasteiger partial charge in [-0.1, -0.05) is 6.92 Å². The molecule has 1 heterocycles. The Labute approximate surface area is 147 Å². The summed E-state index contributed by atoms with van der Waals surface area (Å²) in [6, 6.07) is 0. The van der Waals surface area contributed by atoms with Crippen LogP contribution in [0.3, 0.4) is 0 Å². The van der Waals surface area contributed by atoms with Gasteiger partial charge in [-0.3, -0.25) is 24.1 Å². The smallest absolute Gasteiger partial charge is 0.232 e. The van der Waals surface area contributed by atoms with Crippen LogP contribution in [0.1, 0.15) is 26.2 Å². The number of nitrogens with zero attached hydrogens (tertiary/aromatic N) is 1. The zero-order valence-electron chi connectivity index (χ0n) is 14.8. The molecule has 0 spiro atoms. The summed E-state index contributed by atoms with van der Waals surface area (Å²) in [6.45, 7) is 3.60. The Hall–Kier alpha value is -2.00. The largest absolute Gasteiger partial charge is 0.379 e. The van der Waals surface area contributed by atoms with Crippen LogP contribution in [0.5, 0.6) is 0 Å². The van der Waals surface area contributed by atoms with E-state index in [4.69, 9.17) is 9.47 Å². The molecule has 0 aromatic rings. The van der Waals surface area contributed by atoms with Crippen molar-refractivity contribution in [3.63, 3.8) is 0 Å². The van der Waals surface area contributed by atoms with Crippen LogP contribution in [0, 0.1) is 5.92 Å². The second kappa shape index (κ2) is 11.5. The van der Waals surface area contributed by atoms with Gasteiger partial charge in [-0.15, -0.1) is 0 Å². The van der Waals surface area contributed by atoms with Gasteiger partial charge in [0.1, 0.15) is 0 Å². The van der Waals surface area contributed by atoms with Gasteiger partial charge >= 0.3 is 0 Å². The van der Waals surface area contributed by atoms with Crippen molar-refractivity contribution in [2.75, 3.05) is 46.6 Å². The molecule has 0 aromatic carbocycles. The number of ether oxygens (including phenoxy) is 2. The molecule has 0 bridgehead atoms. The summed E-state index contributed by atoms with van der Waals surface area (Å²) >= 11 is 0. The fourth-order valence-electron chi connectivity index (χ4n) is 2.26. The molecule has 0 aromatic heterocycles. The van der Waals surface area contributed by atoms with Crippen LogP contribution in [0.15, 0.2) is 0 Å². The Balaban J connectivity index is 1.96. The molecular formula is C16H27N3O6. The Morgan fingerprint density at radius 3 is 2.36 bits per heavy atom. The molecule has 142 valence electrons. The van der Waals surface area contributed by atoms with Crippen molar-refractivity contribution in [3.05, 3.63) is 0 Å². The molecule has 1 aliphatic heterocycles. The minimum absolute atomic E-state index is 0.0737. The molecule has 4 amide bonds. The fourth-order valence-corrected chi connectivity index (χ4v) is 2.26. The second-order valence-corrected chi connectivity index (χ2v) is 5.74. The maximum absolute atomic E-state index is 11.7. The lowest BCUT2D eigenvalue weighted by Crippen LogP contribution is -2.35. The highest BCUT2D eigenvalue weighted by Crippen LogP contribution is 2.18. The van der Waals surface area contributed by atoms with E-state index in [1.807, 2.05) is 0 Å². The first-order valence-corrected chi connectivity index (χ1v) is 8.42. The lowest BCUT2D eigenvalue weighted by molar-refractivity contribution is -0.139.